The monoisotopic (exact) mass is 295 g/mol. The predicted molar refractivity (Wildman–Crippen MR) is 77.5 cm³/mol. The first-order valence-electron chi connectivity index (χ1n) is 6.69. The van der Waals surface area contributed by atoms with Crippen LogP contribution in [0.2, 0.25) is 0 Å². The van der Waals surface area contributed by atoms with Crippen molar-refractivity contribution >= 4 is 11.9 Å². The maximum Gasteiger partial charge on any atom is 0.323 e. The van der Waals surface area contributed by atoms with Gasteiger partial charge in [0.25, 0.3) is 5.91 Å². The largest absolute Gasteiger partial charge is 0.493 e. The smallest absolute Gasteiger partial charge is 0.323 e. The van der Waals surface area contributed by atoms with Crippen molar-refractivity contribution in [3.05, 3.63) is 24.3 Å². The number of methoxy groups -OCH3 is 1. The van der Waals surface area contributed by atoms with Gasteiger partial charge in [-0.1, -0.05) is 26.0 Å². The first-order valence-corrected chi connectivity index (χ1v) is 6.69. The summed E-state index contributed by atoms with van der Waals surface area (Å²) in [6, 6.07) is 6.98. The highest BCUT2D eigenvalue weighted by Crippen LogP contribution is 2.25. The Kier molecular flexibility index (Phi) is 6.52. The Morgan fingerprint density at radius 1 is 1.24 bits per heavy atom. The average Bonchev–Trinajstić information content (AvgIpc) is 2.43. The number of carbonyl (C=O) groups excluding carboxylic acids is 1. The molecule has 0 aliphatic rings. The average molecular weight is 295 g/mol. The molecule has 0 atom stereocenters. The lowest BCUT2D eigenvalue weighted by molar-refractivity contribution is -0.145. The molecule has 0 saturated heterocycles. The molecule has 0 fully saturated rings. The van der Waals surface area contributed by atoms with Crippen molar-refractivity contribution in [2.45, 2.75) is 13.8 Å². The molecule has 1 N–H and O–H groups in total. The molecule has 0 bridgehead atoms. The normalized spacial score (nSPS) is 10.3. The number of carbonyl (C=O) groups is 2. The summed E-state index contributed by atoms with van der Waals surface area (Å²) in [5.74, 6) is -0.245. The quantitative estimate of drug-likeness (QED) is 0.789. The van der Waals surface area contributed by atoms with E-state index in [-0.39, 0.29) is 25.0 Å². The minimum Gasteiger partial charge on any atom is -0.493 e. The van der Waals surface area contributed by atoms with Gasteiger partial charge < -0.3 is 19.5 Å². The number of benzene rings is 1. The highest BCUT2D eigenvalue weighted by atomic mass is 16.5. The number of hydrogen-bond donors (Lipinski definition) is 1. The maximum atomic E-state index is 12.1. The Morgan fingerprint density at radius 3 is 2.38 bits per heavy atom. The molecular formula is C15H21NO5. The summed E-state index contributed by atoms with van der Waals surface area (Å²) in [4.78, 5) is 24.2. The number of para-hydroxylation sites is 2. The lowest BCUT2D eigenvalue weighted by Crippen LogP contribution is -2.40. The van der Waals surface area contributed by atoms with Crippen LogP contribution >= 0.6 is 0 Å². The number of ether oxygens (including phenoxy) is 2. The summed E-state index contributed by atoms with van der Waals surface area (Å²) in [5.41, 5.74) is 0. The van der Waals surface area contributed by atoms with Crippen molar-refractivity contribution in [3.8, 4) is 11.5 Å². The zero-order chi connectivity index (χ0) is 15.8. The zero-order valence-corrected chi connectivity index (χ0v) is 12.5. The van der Waals surface area contributed by atoms with E-state index in [2.05, 4.69) is 0 Å². The van der Waals surface area contributed by atoms with Crippen LogP contribution in [0.1, 0.15) is 13.8 Å². The molecule has 0 aliphatic heterocycles. The van der Waals surface area contributed by atoms with Crippen LogP contribution in [0.15, 0.2) is 24.3 Å². The van der Waals surface area contributed by atoms with Gasteiger partial charge in [-0.05, 0) is 18.1 Å². The topological polar surface area (TPSA) is 76.1 Å². The molecule has 0 radical (unpaired) electrons. The van der Waals surface area contributed by atoms with E-state index in [1.165, 1.54) is 12.0 Å². The third-order valence-corrected chi connectivity index (χ3v) is 2.68. The standard InChI is InChI=1S/C15H21NO5/c1-11(2)8-16(9-15(18)19)14(17)10-21-13-7-5-4-6-12(13)20-3/h4-7,11H,8-10H2,1-3H3,(H,18,19). The molecule has 6 heteroatoms. The second-order valence-corrected chi connectivity index (χ2v) is 5.00. The predicted octanol–water partition coefficient (Wildman–Crippen LogP) is 1.64. The van der Waals surface area contributed by atoms with E-state index in [1.807, 2.05) is 13.8 Å². The third-order valence-electron chi connectivity index (χ3n) is 2.68. The Morgan fingerprint density at radius 2 is 1.86 bits per heavy atom. The van der Waals surface area contributed by atoms with Gasteiger partial charge in [-0.15, -0.1) is 0 Å². The highest BCUT2D eigenvalue weighted by Gasteiger charge is 2.19. The molecule has 6 nitrogen and oxygen atoms in total. The van der Waals surface area contributed by atoms with Gasteiger partial charge in [-0.25, -0.2) is 0 Å². The first kappa shape index (κ1) is 16.8. The van der Waals surface area contributed by atoms with Crippen molar-refractivity contribution in [3.63, 3.8) is 0 Å². The van der Waals surface area contributed by atoms with Gasteiger partial charge in [0, 0.05) is 6.54 Å². The van der Waals surface area contributed by atoms with Crippen LogP contribution in [-0.4, -0.2) is 48.7 Å². The van der Waals surface area contributed by atoms with Crippen LogP contribution < -0.4 is 9.47 Å². The van der Waals surface area contributed by atoms with Crippen LogP contribution in [0, 0.1) is 5.92 Å². The zero-order valence-electron chi connectivity index (χ0n) is 12.5. The van der Waals surface area contributed by atoms with Crippen LogP contribution in [0.5, 0.6) is 11.5 Å². The van der Waals surface area contributed by atoms with E-state index in [9.17, 15) is 9.59 Å². The van der Waals surface area contributed by atoms with Gasteiger partial charge in [0.05, 0.1) is 7.11 Å². The fraction of sp³-hybridized carbons (Fsp3) is 0.467. The Hall–Kier alpha value is -2.24. The minimum absolute atomic E-state index is 0.180. The molecule has 1 aromatic carbocycles. The number of nitrogens with zero attached hydrogens (tertiary/aromatic N) is 1. The molecule has 1 rings (SSSR count). The molecule has 116 valence electrons. The second kappa shape index (κ2) is 8.14. The number of carboxylic acids is 1. The minimum atomic E-state index is -1.04. The summed E-state index contributed by atoms with van der Waals surface area (Å²) in [6.07, 6.45) is 0. The summed E-state index contributed by atoms with van der Waals surface area (Å²) in [5, 5.41) is 8.86. The molecule has 0 unspecified atom stereocenters. The summed E-state index contributed by atoms with van der Waals surface area (Å²) in [7, 11) is 1.51. The molecule has 0 aromatic heterocycles. The van der Waals surface area contributed by atoms with Crippen molar-refractivity contribution in [1.29, 1.82) is 0 Å². The third kappa shape index (κ3) is 5.72. The van der Waals surface area contributed by atoms with Gasteiger partial charge in [-0.2, -0.15) is 0 Å². The summed E-state index contributed by atoms with van der Waals surface area (Å²) < 4.78 is 10.5. The Labute approximate surface area is 124 Å². The van der Waals surface area contributed by atoms with Gasteiger partial charge in [0.15, 0.2) is 18.1 Å². The van der Waals surface area contributed by atoms with Crippen LogP contribution in [0.3, 0.4) is 0 Å². The maximum absolute atomic E-state index is 12.1. The van der Waals surface area contributed by atoms with Gasteiger partial charge in [-0.3, -0.25) is 9.59 Å². The van der Waals surface area contributed by atoms with E-state index in [0.717, 1.165) is 0 Å². The molecule has 0 saturated carbocycles. The van der Waals surface area contributed by atoms with E-state index in [1.54, 1.807) is 24.3 Å². The van der Waals surface area contributed by atoms with E-state index in [4.69, 9.17) is 14.6 Å². The molecular weight excluding hydrogens is 274 g/mol. The van der Waals surface area contributed by atoms with Crippen molar-refractivity contribution in [2.75, 3.05) is 26.8 Å². The molecule has 0 heterocycles. The number of rotatable bonds is 8. The highest BCUT2D eigenvalue weighted by molar-refractivity contribution is 5.82. The second-order valence-electron chi connectivity index (χ2n) is 5.00. The van der Waals surface area contributed by atoms with Crippen molar-refractivity contribution in [1.82, 2.24) is 4.90 Å². The lowest BCUT2D eigenvalue weighted by atomic mass is 10.2. The fourth-order valence-corrected chi connectivity index (χ4v) is 1.83. The molecule has 0 aliphatic carbocycles. The van der Waals surface area contributed by atoms with Crippen LogP contribution in [0.4, 0.5) is 0 Å². The number of aliphatic carboxylic acids is 1. The SMILES string of the molecule is COc1ccccc1OCC(=O)N(CC(=O)O)CC(C)C. The van der Waals surface area contributed by atoms with Crippen LogP contribution in [0.25, 0.3) is 0 Å². The van der Waals surface area contributed by atoms with Crippen LogP contribution in [-0.2, 0) is 9.59 Å². The Bertz CT molecular complexity index is 487. The van der Waals surface area contributed by atoms with E-state index in [0.29, 0.717) is 18.0 Å². The number of carboxylic acid groups (broad SMARTS) is 1. The summed E-state index contributed by atoms with van der Waals surface area (Å²) >= 11 is 0. The first-order chi connectivity index (χ1) is 9.93. The molecule has 1 aromatic rings. The molecule has 0 spiro atoms. The van der Waals surface area contributed by atoms with Gasteiger partial charge in [0.2, 0.25) is 0 Å². The lowest BCUT2D eigenvalue weighted by Gasteiger charge is -2.23. The fourth-order valence-electron chi connectivity index (χ4n) is 1.83. The summed E-state index contributed by atoms with van der Waals surface area (Å²) in [6.45, 7) is 3.67. The van der Waals surface area contributed by atoms with Gasteiger partial charge in [0.1, 0.15) is 6.54 Å². The van der Waals surface area contributed by atoms with Crippen molar-refractivity contribution < 1.29 is 24.2 Å². The van der Waals surface area contributed by atoms with E-state index >= 15 is 0 Å². The number of hydrogen-bond acceptors (Lipinski definition) is 4. The number of amides is 1. The molecule has 21 heavy (non-hydrogen) atoms. The Balaban J connectivity index is 2.66. The molecule has 1 amide bonds. The van der Waals surface area contributed by atoms with Gasteiger partial charge >= 0.3 is 5.97 Å². The van der Waals surface area contributed by atoms with Crippen molar-refractivity contribution in [2.24, 2.45) is 5.92 Å². The van der Waals surface area contributed by atoms with E-state index < -0.39 is 5.97 Å².